The van der Waals surface area contributed by atoms with E-state index >= 15 is 0 Å². The number of carbonyl (C=O) groups excluding carboxylic acids is 2. The van der Waals surface area contributed by atoms with Crippen LogP contribution in [-0.2, 0) is 23.7 Å². The van der Waals surface area contributed by atoms with Crippen molar-refractivity contribution in [2.45, 2.75) is 26.3 Å². The molecule has 3 N–H and O–H groups in total. The van der Waals surface area contributed by atoms with E-state index in [2.05, 4.69) is 31.0 Å². The monoisotopic (exact) mass is 439 g/mol. The van der Waals surface area contributed by atoms with Crippen LogP contribution in [0.4, 0.5) is 23.0 Å². The van der Waals surface area contributed by atoms with Gasteiger partial charge in [-0.05, 0) is 25.1 Å². The van der Waals surface area contributed by atoms with E-state index in [0.29, 0.717) is 17.1 Å². The highest BCUT2D eigenvalue weighted by atomic mass is 16.2. The molecule has 0 fully saturated rings. The maximum Gasteiger partial charge on any atom is 0.332 e. The van der Waals surface area contributed by atoms with E-state index in [4.69, 9.17) is 0 Å². The van der Waals surface area contributed by atoms with Gasteiger partial charge in [-0.3, -0.25) is 28.9 Å². The fourth-order valence-corrected chi connectivity index (χ4v) is 3.69. The quantitative estimate of drug-likeness (QED) is 0.410. The van der Waals surface area contributed by atoms with Crippen LogP contribution in [0.1, 0.15) is 20.3 Å². The number of rotatable bonds is 3. The van der Waals surface area contributed by atoms with Gasteiger partial charge in [-0.25, -0.2) is 4.79 Å². The molecular formula is C19H21N9O4. The van der Waals surface area contributed by atoms with Crippen LogP contribution in [0.5, 0.6) is 0 Å². The predicted octanol–water partition coefficient (Wildman–Crippen LogP) is 1.15. The van der Waals surface area contributed by atoms with Gasteiger partial charge in [0.1, 0.15) is 0 Å². The number of fused-ring (bicyclic) bond motifs is 2. The Morgan fingerprint density at radius 1 is 1.22 bits per heavy atom. The van der Waals surface area contributed by atoms with Crippen molar-refractivity contribution in [1.29, 1.82) is 0 Å². The van der Waals surface area contributed by atoms with Gasteiger partial charge in [0.15, 0.2) is 11.2 Å². The van der Waals surface area contributed by atoms with Crippen molar-refractivity contribution in [2.24, 2.45) is 24.4 Å². The topological polar surface area (TPSA) is 159 Å². The lowest BCUT2D eigenvalue weighted by Crippen LogP contribution is -2.37. The van der Waals surface area contributed by atoms with Gasteiger partial charge in [0.25, 0.3) is 11.5 Å². The smallest absolute Gasteiger partial charge is 0.324 e. The summed E-state index contributed by atoms with van der Waals surface area (Å²) in [7, 11) is 2.87. The van der Waals surface area contributed by atoms with Gasteiger partial charge in [0.05, 0.1) is 17.1 Å². The summed E-state index contributed by atoms with van der Waals surface area (Å²) < 4.78 is 2.20. The zero-order chi connectivity index (χ0) is 23.2. The first-order valence-electron chi connectivity index (χ1n) is 9.73. The molecule has 1 aliphatic rings. The highest BCUT2D eigenvalue weighted by Gasteiger charge is 2.27. The number of aryl methyl sites for hydroxylation is 1. The second-order valence-electron chi connectivity index (χ2n) is 7.50. The van der Waals surface area contributed by atoms with Crippen LogP contribution in [-0.4, -0.2) is 37.0 Å². The van der Waals surface area contributed by atoms with Gasteiger partial charge < -0.3 is 15.2 Å². The Balaban J connectivity index is 1.61. The predicted molar refractivity (Wildman–Crippen MR) is 117 cm³/mol. The largest absolute Gasteiger partial charge is 0.332 e. The van der Waals surface area contributed by atoms with Crippen LogP contribution in [0, 0.1) is 0 Å². The number of aromatic nitrogens is 4. The van der Waals surface area contributed by atoms with Crippen molar-refractivity contribution in [2.75, 3.05) is 15.6 Å². The lowest BCUT2D eigenvalue weighted by atomic mass is 10.1. The summed E-state index contributed by atoms with van der Waals surface area (Å²) in [4.78, 5) is 56.9. The maximum absolute atomic E-state index is 12.2. The van der Waals surface area contributed by atoms with Crippen molar-refractivity contribution in [3.8, 4) is 0 Å². The third-order valence-corrected chi connectivity index (χ3v) is 5.20. The van der Waals surface area contributed by atoms with Crippen LogP contribution in [0.15, 0.2) is 38.1 Å². The number of hydrogen-bond donors (Lipinski definition) is 3. The van der Waals surface area contributed by atoms with E-state index in [1.807, 2.05) is 6.92 Å². The van der Waals surface area contributed by atoms with Gasteiger partial charge in [-0.2, -0.15) is 4.98 Å². The van der Waals surface area contributed by atoms with Gasteiger partial charge in [0.2, 0.25) is 11.8 Å². The summed E-state index contributed by atoms with van der Waals surface area (Å²) in [5.41, 5.74) is 3.56. The molecule has 3 heterocycles. The second-order valence-corrected chi connectivity index (χ2v) is 7.50. The first-order valence-corrected chi connectivity index (χ1v) is 9.73. The molecule has 32 heavy (non-hydrogen) atoms. The highest BCUT2D eigenvalue weighted by molar-refractivity contribution is 6.04. The molecule has 1 aliphatic heterocycles. The van der Waals surface area contributed by atoms with Gasteiger partial charge in [-0.1, -0.05) is 10.3 Å². The van der Waals surface area contributed by atoms with Crippen LogP contribution in [0.2, 0.25) is 0 Å². The number of nitrogens with one attached hydrogen (secondary N) is 3. The van der Waals surface area contributed by atoms with E-state index in [9.17, 15) is 19.2 Å². The average Bonchev–Trinajstić information content (AvgIpc) is 3.11. The molecule has 4 rings (SSSR count). The molecule has 2 amide bonds. The molecular weight excluding hydrogens is 418 g/mol. The highest BCUT2D eigenvalue weighted by Crippen LogP contribution is 2.34. The van der Waals surface area contributed by atoms with E-state index in [1.165, 1.54) is 25.6 Å². The van der Waals surface area contributed by atoms with Gasteiger partial charge in [0, 0.05) is 33.5 Å². The molecule has 0 spiro atoms. The molecule has 0 saturated heterocycles. The van der Waals surface area contributed by atoms with E-state index < -0.39 is 11.2 Å². The normalized spacial score (nSPS) is 16.2. The summed E-state index contributed by atoms with van der Waals surface area (Å²) in [6.07, 6.45) is 0.185. The number of hydrogen-bond acceptors (Lipinski definition) is 7. The molecule has 166 valence electrons. The van der Waals surface area contributed by atoms with E-state index in [0.717, 1.165) is 4.57 Å². The molecule has 0 saturated carbocycles. The van der Waals surface area contributed by atoms with Gasteiger partial charge in [-0.15, -0.1) is 0 Å². The summed E-state index contributed by atoms with van der Waals surface area (Å²) in [6.45, 7) is 3.26. The molecule has 0 radical (unpaired) electrons. The Bertz CT molecular complexity index is 1400. The third-order valence-electron chi connectivity index (χ3n) is 5.20. The van der Waals surface area contributed by atoms with Crippen LogP contribution in [0.3, 0.4) is 0 Å². The number of anilines is 3. The lowest BCUT2D eigenvalue weighted by molar-refractivity contribution is -0.117. The Labute approximate surface area is 180 Å². The number of nitrogens with zero attached hydrogens (tertiary/aromatic N) is 6. The molecule has 2 aromatic heterocycles. The SMILES string of the molecule is CC(=O)N1c2ccc(NN=Nc3nc4c([nH]3)c(=O)n(C)c(=O)n4C)cc2NC(=O)C[C@@H]1C. The van der Waals surface area contributed by atoms with Crippen LogP contribution >= 0.6 is 0 Å². The first-order chi connectivity index (χ1) is 15.2. The fraction of sp³-hybridized carbons (Fsp3) is 0.316. The minimum atomic E-state index is -0.518. The average molecular weight is 439 g/mol. The zero-order valence-corrected chi connectivity index (χ0v) is 17.8. The minimum Gasteiger partial charge on any atom is -0.324 e. The molecule has 1 aromatic carbocycles. The Kier molecular flexibility index (Phi) is 5.08. The summed E-state index contributed by atoms with van der Waals surface area (Å²) in [5.74, 6) is -0.331. The fourth-order valence-electron chi connectivity index (χ4n) is 3.69. The molecule has 1 atom stereocenters. The number of aromatic amines is 1. The van der Waals surface area contributed by atoms with E-state index in [1.54, 1.807) is 23.1 Å². The molecule has 13 heteroatoms. The van der Waals surface area contributed by atoms with Crippen LogP contribution in [0.25, 0.3) is 11.2 Å². The third kappa shape index (κ3) is 3.53. The molecule has 13 nitrogen and oxygen atoms in total. The summed E-state index contributed by atoms with van der Waals surface area (Å²) >= 11 is 0. The number of benzene rings is 1. The second kappa shape index (κ2) is 7.76. The molecule has 3 aromatic rings. The van der Waals surface area contributed by atoms with Crippen molar-refractivity contribution in [1.82, 2.24) is 19.1 Å². The summed E-state index contributed by atoms with van der Waals surface area (Å²) in [6, 6.07) is 4.76. The standard InChI is InChI=1S/C19H21N9O4/c1-9-7-14(30)20-12-8-11(5-6-13(12)28(9)10(2)29)23-25-24-18-21-15-16(22-18)26(3)19(32)27(4)17(15)31/h5-6,8-9H,7H2,1-4H3,(H,20,30)(H2,21,22,23,24)/t9-/m0/s1. The molecule has 0 aliphatic carbocycles. The Morgan fingerprint density at radius 3 is 2.69 bits per heavy atom. The minimum absolute atomic E-state index is 0.0328. The Hall–Kier alpha value is -4.29. The number of imidazole rings is 1. The van der Waals surface area contributed by atoms with Gasteiger partial charge >= 0.3 is 5.69 Å². The van der Waals surface area contributed by atoms with Crippen molar-refractivity contribution < 1.29 is 9.59 Å². The summed E-state index contributed by atoms with van der Waals surface area (Å²) in [5, 5.41) is 10.6. The van der Waals surface area contributed by atoms with Crippen molar-refractivity contribution in [3.63, 3.8) is 0 Å². The molecule has 0 unspecified atom stereocenters. The molecule has 0 bridgehead atoms. The number of carbonyl (C=O) groups is 2. The number of amides is 2. The lowest BCUT2D eigenvalue weighted by Gasteiger charge is -2.26. The number of H-pyrrole nitrogens is 1. The maximum atomic E-state index is 12.2. The van der Waals surface area contributed by atoms with E-state index in [-0.39, 0.29) is 41.4 Å². The Morgan fingerprint density at radius 2 is 1.97 bits per heavy atom. The zero-order valence-electron chi connectivity index (χ0n) is 17.8. The van der Waals surface area contributed by atoms with Crippen molar-refractivity contribution >= 4 is 46.0 Å². The first kappa shape index (κ1) is 21.0. The van der Waals surface area contributed by atoms with Crippen LogP contribution < -0.4 is 26.9 Å². The van der Waals surface area contributed by atoms with Crippen molar-refractivity contribution in [3.05, 3.63) is 39.0 Å².